The Morgan fingerprint density at radius 2 is 1.19 bits per heavy atom. The highest BCUT2D eigenvalue weighted by Gasteiger charge is 2.72. The first-order chi connectivity index (χ1) is 36.0. The molecule has 30 heteroatoms. The zero-order valence-corrected chi connectivity index (χ0v) is 45.5. The number of fused-ring (bicyclic) bond motifs is 4. The molecule has 434 valence electrons. The summed E-state index contributed by atoms with van der Waals surface area (Å²) >= 11 is 5.28. The molecule has 4 aliphatic heterocycles. The molecule has 0 spiro atoms. The lowest BCUT2D eigenvalue weighted by Gasteiger charge is -2.36. The van der Waals surface area contributed by atoms with Crippen LogP contribution in [-0.4, -0.2) is 120 Å². The average molecular weight is 1160 g/mol. The number of nitrogens with two attached hydrogens (primary N) is 2. The Morgan fingerprint density at radius 3 is 1.63 bits per heavy atom. The van der Waals surface area contributed by atoms with Gasteiger partial charge in [-0.15, -0.1) is 0 Å². The van der Waals surface area contributed by atoms with E-state index in [1.165, 1.54) is 59.7 Å². The highest BCUT2D eigenvalue weighted by molar-refractivity contribution is 7.51. The van der Waals surface area contributed by atoms with Crippen LogP contribution in [0.4, 0.5) is 20.4 Å². The molecule has 4 aliphatic rings. The first kappa shape index (κ1) is 65.5. The van der Waals surface area contributed by atoms with Gasteiger partial charge in [0.1, 0.15) is 72.3 Å². The van der Waals surface area contributed by atoms with Gasteiger partial charge in [0.2, 0.25) is 11.2 Å². The number of aromatic nitrogens is 6. The second-order valence-electron chi connectivity index (χ2n) is 18.8. The van der Waals surface area contributed by atoms with Crippen molar-refractivity contribution in [3.63, 3.8) is 0 Å². The Hall–Kier alpha value is -4.99. The van der Waals surface area contributed by atoms with Crippen molar-refractivity contribution in [1.29, 1.82) is 10.5 Å². The number of hydrogen-bond acceptors (Lipinski definition) is 21. The summed E-state index contributed by atoms with van der Waals surface area (Å²) in [5, 5.41) is 30.6. The van der Waals surface area contributed by atoms with Crippen molar-refractivity contribution in [3.05, 3.63) is 48.3 Å². The van der Waals surface area contributed by atoms with Gasteiger partial charge in [0.05, 0.1) is 37.8 Å². The van der Waals surface area contributed by atoms with Crippen LogP contribution in [0.3, 0.4) is 0 Å². The monoisotopic (exact) mass is 1160 g/mol. The number of unbranched alkanes of at least 4 members (excludes halogenated alkanes) is 8. The van der Waals surface area contributed by atoms with Crippen LogP contribution in [0.5, 0.6) is 0 Å². The van der Waals surface area contributed by atoms with Crippen LogP contribution >= 0.6 is 27.3 Å². The number of anilines is 2. The molecule has 7 N–H and O–H groups in total. The first-order valence-corrected chi connectivity index (χ1v) is 28.2. The number of nitriles is 2. The third-order valence-corrected chi connectivity index (χ3v) is 16.3. The number of phosphoric acid groups is 1. The van der Waals surface area contributed by atoms with Gasteiger partial charge in [-0.25, -0.2) is 46.8 Å². The number of phosphoric ester groups is 1. The molecule has 4 aromatic heterocycles. The number of rotatable bonds is 19. The van der Waals surface area contributed by atoms with E-state index in [1.54, 1.807) is 13.0 Å². The van der Waals surface area contributed by atoms with Gasteiger partial charge in [0.25, 0.3) is 0 Å². The zero-order chi connectivity index (χ0) is 55.7. The van der Waals surface area contributed by atoms with E-state index in [-0.39, 0.29) is 63.7 Å². The number of hydrogen-bond donors (Lipinski definition) is 5. The Balaban J connectivity index is 0.000000277. The largest absolute Gasteiger partial charge is 0.472 e. The topological polar surface area (TPSA) is 346 Å². The summed E-state index contributed by atoms with van der Waals surface area (Å²) in [6.07, 6.45) is 8.06. The van der Waals surface area contributed by atoms with Crippen LogP contribution in [0.2, 0.25) is 0 Å². The second kappa shape index (κ2) is 27.5. The van der Waals surface area contributed by atoms with Crippen molar-refractivity contribution in [1.82, 2.24) is 39.1 Å². The average Bonchev–Trinajstić information content (AvgIpc) is 4.33. The van der Waals surface area contributed by atoms with Crippen molar-refractivity contribution in [2.45, 2.75) is 180 Å². The molecule has 25 nitrogen and oxygen atoms in total. The maximum atomic E-state index is 16.5. The van der Waals surface area contributed by atoms with E-state index in [1.807, 2.05) is 12.1 Å². The van der Waals surface area contributed by atoms with Crippen LogP contribution in [-0.2, 0) is 67.0 Å². The Kier molecular flexibility index (Phi) is 23.1. The minimum absolute atomic E-state index is 0. The molecule has 4 fully saturated rings. The number of nitrogens with zero attached hydrogens (tertiary/aromatic N) is 8. The van der Waals surface area contributed by atoms with Gasteiger partial charge in [-0.05, 0) is 76.6 Å². The summed E-state index contributed by atoms with van der Waals surface area (Å²) in [5.41, 5.74) is 3.22. The maximum absolute atomic E-state index is 16.5. The number of carbonyl (C=O) groups excluding carboxylic acids is 2. The molecule has 0 saturated carbocycles. The molecule has 0 radical (unpaired) electrons. The van der Waals surface area contributed by atoms with Crippen molar-refractivity contribution < 1.29 is 69.4 Å². The van der Waals surface area contributed by atoms with Gasteiger partial charge in [0.15, 0.2) is 23.0 Å². The lowest BCUT2D eigenvalue weighted by molar-refractivity contribution is -0.146. The molecule has 0 aromatic carbocycles. The van der Waals surface area contributed by atoms with Crippen molar-refractivity contribution in [2.24, 2.45) is 0 Å². The smallest absolute Gasteiger partial charge is 0.465 e. The van der Waals surface area contributed by atoms with E-state index in [9.17, 15) is 34.1 Å². The molecule has 4 saturated heterocycles. The van der Waals surface area contributed by atoms with Gasteiger partial charge in [-0.1, -0.05) is 80.1 Å². The van der Waals surface area contributed by atoms with Crippen LogP contribution < -0.4 is 21.4 Å². The minimum Gasteiger partial charge on any atom is -0.465 e. The number of halogens is 3. The highest BCUT2D eigenvalue weighted by Crippen LogP contribution is 2.61. The normalized spacial score (nSPS) is 30.5. The standard InChI is InChI=1S/C23H32FN6O6P.C13H13FN5O5P.C10H20ClNO2.2CH4/c1-4-5-6-7-8-11-33-21(31)15(2)29-37(32)34-12-17-19(36-37)22(3,24)23(13-25,35-17)18-10-9-16-20(26)27-14-28-30(16)18;1-12(14)10-8(4-22-25(20,21)24-10)23-13(12,5-15)9-3-2-7-11(16)17-6-18-19(7)9;1-3-4-5-6-7-8-14-10(13)9(2)12-11;;/h9-10,14-15,17,19H,4-8,11-12H2,1-3H3,(H,29,32)(H2,26,27,28);2-3,6,8,10H,4H2,1H3,(H,20,21)(H2,16,17,18);9,12H,3-8H2,1-2H3;2*1H4/t15-,17+,19+,22+,23-,37?;8-,10-,12-,13+;9-;;/m010../s1. The summed E-state index contributed by atoms with van der Waals surface area (Å²) in [6, 6.07) is 8.29. The minimum atomic E-state index is -4.42. The van der Waals surface area contributed by atoms with Crippen LogP contribution in [0, 0.1) is 22.7 Å². The lowest BCUT2D eigenvalue weighted by atomic mass is 9.82. The van der Waals surface area contributed by atoms with E-state index in [4.69, 9.17) is 55.8 Å². The van der Waals surface area contributed by atoms with E-state index in [0.29, 0.717) is 17.6 Å². The number of nitrogens with one attached hydrogen (secondary N) is 2. The molecule has 8 rings (SSSR count). The fraction of sp³-hybridized carbons (Fsp3) is 0.667. The van der Waals surface area contributed by atoms with Crippen molar-refractivity contribution in [3.8, 4) is 12.1 Å². The number of alkyl halides is 2. The Bertz CT molecular complexity index is 2860. The molecule has 0 amide bonds. The number of nitrogen functional groups attached to an aromatic ring is 2. The van der Waals surface area contributed by atoms with E-state index >= 15 is 8.78 Å². The molecule has 0 bridgehead atoms. The maximum Gasteiger partial charge on any atom is 0.472 e. The molecule has 4 aromatic rings. The van der Waals surface area contributed by atoms with Gasteiger partial charge < -0.3 is 35.3 Å². The molecular formula is C48H73ClF2N12O13P2. The SMILES string of the molecule is C.C.CCCCCCCOC(=O)[C@H](C)NCl.CCCCCCCOC(=O)[C@H](C)NP1(=O)OC[C@H]2O[C@@](C#N)(c3ccc4c(N)ncnn34)[C@](C)(F)[C@@H]2O1.C[C@@]1(F)[C@@H]2OP(=O)(O)OC[C@H]2O[C@@]1(C#N)c1ccc2c(N)ncnn12. The summed E-state index contributed by atoms with van der Waals surface area (Å²) in [5.74, 6) is -0.630. The number of ether oxygens (including phenoxy) is 4. The number of carbonyl (C=O) groups is 2. The van der Waals surface area contributed by atoms with Crippen LogP contribution in [0.25, 0.3) is 11.0 Å². The Labute approximate surface area is 457 Å². The molecule has 8 heterocycles. The number of esters is 2. The lowest BCUT2D eigenvalue weighted by Crippen LogP contribution is -2.51. The molecule has 0 aliphatic carbocycles. The summed E-state index contributed by atoms with van der Waals surface area (Å²) in [6.45, 7) is 9.65. The first-order valence-electron chi connectivity index (χ1n) is 24.8. The third kappa shape index (κ3) is 13.6. The highest BCUT2D eigenvalue weighted by atomic mass is 35.5. The summed E-state index contributed by atoms with van der Waals surface area (Å²) in [7, 11) is -8.58. The summed E-state index contributed by atoms with van der Waals surface area (Å²) < 4.78 is 102. The van der Waals surface area contributed by atoms with Gasteiger partial charge >= 0.3 is 27.5 Å². The zero-order valence-electron chi connectivity index (χ0n) is 42.9. The van der Waals surface area contributed by atoms with Gasteiger partial charge in [0, 0.05) is 0 Å². The molecule has 78 heavy (non-hydrogen) atoms. The quantitative estimate of drug-likeness (QED) is 0.0259. The van der Waals surface area contributed by atoms with Gasteiger partial charge in [-0.3, -0.25) is 27.7 Å². The van der Waals surface area contributed by atoms with Crippen molar-refractivity contribution >= 4 is 62.0 Å². The van der Waals surface area contributed by atoms with E-state index in [2.05, 4.69) is 48.5 Å². The van der Waals surface area contributed by atoms with Crippen LogP contribution in [0.1, 0.15) is 132 Å². The molecule has 2 unspecified atom stereocenters. The van der Waals surface area contributed by atoms with Gasteiger partial charge in [-0.2, -0.15) is 20.7 Å². The Morgan fingerprint density at radius 1 is 0.769 bits per heavy atom. The van der Waals surface area contributed by atoms with Crippen LogP contribution in [0.15, 0.2) is 36.9 Å². The summed E-state index contributed by atoms with van der Waals surface area (Å²) in [4.78, 5) is 43.0. The fourth-order valence-corrected chi connectivity index (χ4v) is 11.9. The fourth-order valence-electron chi connectivity index (χ4n) is 9.03. The third-order valence-electron chi connectivity index (χ3n) is 13.3. The predicted molar refractivity (Wildman–Crippen MR) is 281 cm³/mol. The van der Waals surface area contributed by atoms with E-state index in [0.717, 1.165) is 65.1 Å². The van der Waals surface area contributed by atoms with Crippen molar-refractivity contribution in [2.75, 3.05) is 37.9 Å². The predicted octanol–water partition coefficient (Wildman–Crippen LogP) is 7.75. The second-order valence-corrected chi connectivity index (χ2v) is 22.2. The molecule has 12 atom stereocenters. The molecular weight excluding hydrogens is 1090 g/mol. The van der Waals surface area contributed by atoms with E-state index < -0.39 is 80.6 Å².